The summed E-state index contributed by atoms with van der Waals surface area (Å²) >= 11 is 5.46. The summed E-state index contributed by atoms with van der Waals surface area (Å²) in [6.07, 6.45) is 2.17. The number of aromatic amines is 2. The van der Waals surface area contributed by atoms with Crippen LogP contribution in [-0.2, 0) is 13.0 Å². The van der Waals surface area contributed by atoms with E-state index in [4.69, 9.17) is 17.2 Å². The SMILES string of the molecule is Cc1ccc2[nH]c(CN3C(=S)Cc4c3cc[nH]c4=O)nc2c1C. The molecule has 0 bridgehead atoms. The Labute approximate surface area is 138 Å². The molecule has 0 fully saturated rings. The van der Waals surface area contributed by atoms with Crippen molar-refractivity contribution in [3.8, 4) is 0 Å². The van der Waals surface area contributed by atoms with Crippen LogP contribution in [-0.4, -0.2) is 19.9 Å². The molecule has 5 nitrogen and oxygen atoms in total. The molecule has 2 aromatic heterocycles. The Kier molecular flexibility index (Phi) is 3.09. The minimum atomic E-state index is -0.0663. The quantitative estimate of drug-likeness (QED) is 0.712. The summed E-state index contributed by atoms with van der Waals surface area (Å²) < 4.78 is 0. The maximum absolute atomic E-state index is 11.9. The monoisotopic (exact) mass is 324 g/mol. The van der Waals surface area contributed by atoms with Crippen LogP contribution in [0.2, 0.25) is 0 Å². The van der Waals surface area contributed by atoms with Gasteiger partial charge in [0.15, 0.2) is 0 Å². The number of H-pyrrole nitrogens is 2. The number of benzene rings is 1. The molecule has 116 valence electrons. The van der Waals surface area contributed by atoms with Crippen molar-refractivity contribution in [2.45, 2.75) is 26.8 Å². The molecule has 0 unspecified atom stereocenters. The standard InChI is InChI=1S/C17H16N4OS/c1-9-3-4-12-16(10(9)2)20-14(19-12)8-21-13-5-6-18-17(22)11(13)7-15(21)23/h3-6H,7-8H2,1-2H3,(H,18,22)(H,19,20). The Morgan fingerprint density at radius 3 is 2.96 bits per heavy atom. The third-order valence-corrected chi connectivity index (χ3v) is 4.86. The van der Waals surface area contributed by atoms with E-state index in [2.05, 4.69) is 35.9 Å². The number of aryl methyl sites for hydroxylation is 2. The van der Waals surface area contributed by atoms with Gasteiger partial charge in [-0.25, -0.2) is 4.98 Å². The molecule has 0 radical (unpaired) electrons. The van der Waals surface area contributed by atoms with Crippen molar-refractivity contribution in [1.82, 2.24) is 15.0 Å². The fraction of sp³-hybridized carbons (Fsp3) is 0.235. The number of anilines is 1. The number of nitrogens with zero attached hydrogens (tertiary/aromatic N) is 2. The fourth-order valence-corrected chi connectivity index (χ4v) is 3.37. The molecule has 0 saturated carbocycles. The van der Waals surface area contributed by atoms with E-state index in [-0.39, 0.29) is 5.56 Å². The highest BCUT2D eigenvalue weighted by molar-refractivity contribution is 7.80. The maximum atomic E-state index is 11.9. The number of rotatable bonds is 2. The molecule has 0 amide bonds. The van der Waals surface area contributed by atoms with Gasteiger partial charge >= 0.3 is 0 Å². The number of hydrogen-bond donors (Lipinski definition) is 2. The molecule has 23 heavy (non-hydrogen) atoms. The summed E-state index contributed by atoms with van der Waals surface area (Å²) in [6, 6.07) is 6.04. The average molecular weight is 324 g/mol. The average Bonchev–Trinajstić information content (AvgIpc) is 3.07. The number of thiocarbonyl (C=S) groups is 1. The van der Waals surface area contributed by atoms with Crippen LogP contribution >= 0.6 is 12.2 Å². The molecular weight excluding hydrogens is 308 g/mol. The van der Waals surface area contributed by atoms with E-state index >= 15 is 0 Å². The van der Waals surface area contributed by atoms with Crippen LogP contribution in [0.25, 0.3) is 11.0 Å². The first-order chi connectivity index (χ1) is 11.0. The zero-order chi connectivity index (χ0) is 16.1. The summed E-state index contributed by atoms with van der Waals surface area (Å²) in [5, 5.41) is 0. The Balaban J connectivity index is 1.75. The second-order valence-corrected chi connectivity index (χ2v) is 6.39. The third-order valence-electron chi connectivity index (χ3n) is 4.49. The molecule has 0 spiro atoms. The lowest BCUT2D eigenvalue weighted by Gasteiger charge is -2.17. The van der Waals surface area contributed by atoms with Crippen LogP contribution in [0, 0.1) is 13.8 Å². The lowest BCUT2D eigenvalue weighted by atomic mass is 10.1. The minimum Gasteiger partial charge on any atom is -0.340 e. The van der Waals surface area contributed by atoms with E-state index in [0.717, 1.165) is 33.1 Å². The molecule has 3 aromatic rings. The summed E-state index contributed by atoms with van der Waals surface area (Å²) in [5.41, 5.74) is 5.99. The molecule has 0 saturated heterocycles. The van der Waals surface area contributed by atoms with E-state index in [0.29, 0.717) is 13.0 Å². The van der Waals surface area contributed by atoms with E-state index in [1.54, 1.807) is 6.20 Å². The molecule has 0 atom stereocenters. The normalized spacial score (nSPS) is 13.8. The molecule has 1 aliphatic rings. The molecule has 6 heteroatoms. The predicted octanol–water partition coefficient (Wildman–Crippen LogP) is 2.76. The summed E-state index contributed by atoms with van der Waals surface area (Å²) in [5.74, 6) is 0.851. The number of fused-ring (bicyclic) bond motifs is 2. The highest BCUT2D eigenvalue weighted by Gasteiger charge is 2.27. The van der Waals surface area contributed by atoms with Crippen LogP contribution in [0.15, 0.2) is 29.2 Å². The second-order valence-electron chi connectivity index (χ2n) is 5.91. The van der Waals surface area contributed by atoms with Gasteiger partial charge in [-0.2, -0.15) is 0 Å². The van der Waals surface area contributed by atoms with Crippen LogP contribution < -0.4 is 10.5 Å². The van der Waals surface area contributed by atoms with Crippen molar-refractivity contribution in [2.24, 2.45) is 0 Å². The molecule has 1 aromatic carbocycles. The Morgan fingerprint density at radius 2 is 2.13 bits per heavy atom. The summed E-state index contributed by atoms with van der Waals surface area (Å²) in [6.45, 7) is 4.71. The van der Waals surface area contributed by atoms with Crippen LogP contribution in [0.3, 0.4) is 0 Å². The van der Waals surface area contributed by atoms with Gasteiger partial charge in [-0.1, -0.05) is 18.3 Å². The molecule has 2 N–H and O–H groups in total. The van der Waals surface area contributed by atoms with Gasteiger partial charge in [-0.15, -0.1) is 0 Å². The molecule has 3 heterocycles. The zero-order valence-electron chi connectivity index (χ0n) is 12.9. The fourth-order valence-electron chi connectivity index (χ4n) is 3.07. The topological polar surface area (TPSA) is 64.8 Å². The largest absolute Gasteiger partial charge is 0.340 e. The van der Waals surface area contributed by atoms with Crippen LogP contribution in [0.5, 0.6) is 0 Å². The highest BCUT2D eigenvalue weighted by atomic mass is 32.1. The van der Waals surface area contributed by atoms with Gasteiger partial charge in [-0.3, -0.25) is 4.79 Å². The van der Waals surface area contributed by atoms with Crippen molar-refractivity contribution in [2.75, 3.05) is 4.90 Å². The Hall–Kier alpha value is -2.47. The highest BCUT2D eigenvalue weighted by Crippen LogP contribution is 2.28. The van der Waals surface area contributed by atoms with Gasteiger partial charge in [-0.05, 0) is 37.1 Å². The first kappa shape index (κ1) is 14.1. The van der Waals surface area contributed by atoms with Gasteiger partial charge in [0.2, 0.25) is 0 Å². The summed E-state index contributed by atoms with van der Waals surface area (Å²) in [4.78, 5) is 25.4. The lowest BCUT2D eigenvalue weighted by Crippen LogP contribution is -2.25. The first-order valence-electron chi connectivity index (χ1n) is 7.50. The number of aromatic nitrogens is 3. The maximum Gasteiger partial charge on any atom is 0.253 e. The molecule has 4 rings (SSSR count). The van der Waals surface area contributed by atoms with Gasteiger partial charge in [0.1, 0.15) is 5.82 Å². The number of imidazole rings is 1. The zero-order valence-corrected chi connectivity index (χ0v) is 13.8. The van der Waals surface area contributed by atoms with E-state index in [1.807, 2.05) is 11.0 Å². The molecule has 1 aliphatic heterocycles. The number of hydrogen-bond acceptors (Lipinski definition) is 3. The Morgan fingerprint density at radius 1 is 1.30 bits per heavy atom. The van der Waals surface area contributed by atoms with Crippen LogP contribution in [0.1, 0.15) is 22.5 Å². The Bertz CT molecular complexity index is 1000. The van der Waals surface area contributed by atoms with Crippen LogP contribution in [0.4, 0.5) is 5.69 Å². The lowest BCUT2D eigenvalue weighted by molar-refractivity contribution is 0.934. The van der Waals surface area contributed by atoms with Gasteiger partial charge in [0.25, 0.3) is 5.56 Å². The minimum absolute atomic E-state index is 0.0663. The van der Waals surface area contributed by atoms with Crippen molar-refractivity contribution >= 4 is 33.9 Å². The smallest absolute Gasteiger partial charge is 0.253 e. The van der Waals surface area contributed by atoms with Crippen molar-refractivity contribution in [3.63, 3.8) is 0 Å². The number of nitrogens with one attached hydrogen (secondary N) is 2. The molecule has 0 aliphatic carbocycles. The molecular formula is C17H16N4OS. The van der Waals surface area contributed by atoms with Gasteiger partial charge in [0, 0.05) is 18.2 Å². The van der Waals surface area contributed by atoms with Gasteiger partial charge in [0.05, 0.1) is 28.3 Å². The predicted molar refractivity (Wildman–Crippen MR) is 95.1 cm³/mol. The second kappa shape index (κ2) is 5.03. The van der Waals surface area contributed by atoms with Crippen molar-refractivity contribution in [1.29, 1.82) is 0 Å². The van der Waals surface area contributed by atoms with E-state index in [9.17, 15) is 4.79 Å². The first-order valence-corrected chi connectivity index (χ1v) is 7.91. The van der Waals surface area contributed by atoms with Gasteiger partial charge < -0.3 is 14.9 Å². The van der Waals surface area contributed by atoms with Crippen molar-refractivity contribution < 1.29 is 0 Å². The summed E-state index contributed by atoms with van der Waals surface area (Å²) in [7, 11) is 0. The third kappa shape index (κ3) is 2.17. The van der Waals surface area contributed by atoms with E-state index < -0.39 is 0 Å². The van der Waals surface area contributed by atoms with E-state index in [1.165, 1.54) is 11.1 Å². The number of pyridine rings is 1. The van der Waals surface area contributed by atoms with Crippen molar-refractivity contribution in [3.05, 3.63) is 57.3 Å².